The van der Waals surface area contributed by atoms with Crippen molar-refractivity contribution in [2.24, 2.45) is 0 Å². The lowest BCUT2D eigenvalue weighted by molar-refractivity contribution is -0.134. The van der Waals surface area contributed by atoms with Crippen LogP contribution in [0.5, 0.6) is 0 Å². The van der Waals surface area contributed by atoms with Crippen molar-refractivity contribution in [2.45, 2.75) is 47.0 Å². The molecule has 0 aromatic heterocycles. The molecule has 0 saturated heterocycles. The number of rotatable bonds is 3. The lowest BCUT2D eigenvalue weighted by Crippen LogP contribution is -2.17. The van der Waals surface area contributed by atoms with Gasteiger partial charge in [0, 0.05) is 11.8 Å². The highest BCUT2D eigenvalue weighted by molar-refractivity contribution is 5.98. The number of aryl methyl sites for hydroxylation is 2. The topological polar surface area (TPSA) is 52.3 Å². The highest BCUT2D eigenvalue weighted by Crippen LogP contribution is 2.39. The van der Waals surface area contributed by atoms with Crippen molar-refractivity contribution in [1.29, 1.82) is 0 Å². The molecule has 3 heteroatoms. The van der Waals surface area contributed by atoms with Gasteiger partial charge in [0.15, 0.2) is 0 Å². The summed E-state index contributed by atoms with van der Waals surface area (Å²) in [5.74, 6) is -0.376. The molecule has 0 unspecified atom stereocenters. The van der Waals surface area contributed by atoms with E-state index in [4.69, 9.17) is 10.5 Å². The van der Waals surface area contributed by atoms with Crippen LogP contribution < -0.4 is 5.73 Å². The average Bonchev–Trinajstić information content (AvgIpc) is 2.57. The Balaban J connectivity index is 2.89. The molecule has 2 aromatic rings. The van der Waals surface area contributed by atoms with Gasteiger partial charge in [0.25, 0.3) is 0 Å². The molecule has 0 bridgehead atoms. The molecule has 138 valence electrons. The first-order valence-corrected chi connectivity index (χ1v) is 8.83. The number of carbonyl (C=O) groups is 1. The van der Waals surface area contributed by atoms with Gasteiger partial charge in [0.1, 0.15) is 0 Å². The zero-order valence-corrected chi connectivity index (χ0v) is 16.9. The summed E-state index contributed by atoms with van der Waals surface area (Å²) in [7, 11) is 1.40. The van der Waals surface area contributed by atoms with Gasteiger partial charge in [0.2, 0.25) is 0 Å². The summed E-state index contributed by atoms with van der Waals surface area (Å²) in [6.07, 6.45) is 1.57. The predicted molar refractivity (Wildman–Crippen MR) is 109 cm³/mol. The van der Waals surface area contributed by atoms with Gasteiger partial charge in [0.05, 0.1) is 7.11 Å². The van der Waals surface area contributed by atoms with Gasteiger partial charge in [-0.25, -0.2) is 4.79 Å². The third kappa shape index (κ3) is 3.98. The molecule has 0 spiro atoms. The number of nitrogen functional groups attached to an aromatic ring is 1. The minimum Gasteiger partial charge on any atom is -0.466 e. The van der Waals surface area contributed by atoms with E-state index in [0.29, 0.717) is 0 Å². The minimum absolute atomic E-state index is 0.0988. The standard InChI is InChI=1S/C23H29NO2/c1-14-8-10-17(11-9-14)18(13-20(25)26-7)21-16(3)22(24)15(2)12-19(21)23(4,5)6/h8-13H,24H2,1-7H3/b18-13+. The summed E-state index contributed by atoms with van der Waals surface area (Å²) >= 11 is 0. The van der Waals surface area contributed by atoms with Crippen molar-refractivity contribution >= 4 is 17.2 Å². The van der Waals surface area contributed by atoms with E-state index in [1.54, 1.807) is 6.08 Å². The van der Waals surface area contributed by atoms with E-state index in [9.17, 15) is 4.79 Å². The fraction of sp³-hybridized carbons (Fsp3) is 0.348. The molecule has 2 rings (SSSR count). The molecule has 2 N–H and O–H groups in total. The number of carbonyl (C=O) groups excluding carboxylic acids is 1. The van der Waals surface area contributed by atoms with Crippen LogP contribution in [-0.2, 0) is 14.9 Å². The molecule has 0 saturated carbocycles. The zero-order chi connectivity index (χ0) is 19.6. The van der Waals surface area contributed by atoms with E-state index in [0.717, 1.165) is 39.1 Å². The summed E-state index contributed by atoms with van der Waals surface area (Å²) in [5.41, 5.74) is 14.2. The van der Waals surface area contributed by atoms with Crippen molar-refractivity contribution < 1.29 is 9.53 Å². The van der Waals surface area contributed by atoms with Crippen molar-refractivity contribution in [3.8, 4) is 0 Å². The lowest BCUT2D eigenvalue weighted by atomic mass is 9.77. The van der Waals surface area contributed by atoms with Crippen molar-refractivity contribution in [3.63, 3.8) is 0 Å². The Hall–Kier alpha value is -2.55. The lowest BCUT2D eigenvalue weighted by Gasteiger charge is -2.28. The van der Waals surface area contributed by atoms with E-state index in [-0.39, 0.29) is 11.4 Å². The van der Waals surface area contributed by atoms with Gasteiger partial charge in [-0.1, -0.05) is 56.7 Å². The van der Waals surface area contributed by atoms with Crippen LogP contribution in [-0.4, -0.2) is 13.1 Å². The predicted octanol–water partition coefficient (Wildman–Crippen LogP) is 5.10. The molecular formula is C23H29NO2. The number of methoxy groups -OCH3 is 1. The Kier molecular flexibility index (Phi) is 5.60. The number of nitrogens with two attached hydrogens (primary N) is 1. The number of benzene rings is 2. The van der Waals surface area contributed by atoms with Gasteiger partial charge >= 0.3 is 5.97 Å². The Morgan fingerprint density at radius 3 is 2.15 bits per heavy atom. The Morgan fingerprint density at radius 2 is 1.65 bits per heavy atom. The first-order valence-electron chi connectivity index (χ1n) is 8.83. The Bertz CT molecular complexity index is 853. The van der Waals surface area contributed by atoms with Crippen LogP contribution in [0.3, 0.4) is 0 Å². The maximum absolute atomic E-state index is 12.1. The quantitative estimate of drug-likeness (QED) is 0.476. The maximum atomic E-state index is 12.1. The highest BCUT2D eigenvalue weighted by atomic mass is 16.5. The normalized spacial score (nSPS) is 12.2. The average molecular weight is 351 g/mol. The van der Waals surface area contributed by atoms with E-state index < -0.39 is 0 Å². The fourth-order valence-corrected chi connectivity index (χ4v) is 3.15. The van der Waals surface area contributed by atoms with Gasteiger partial charge in [-0.3, -0.25) is 0 Å². The third-order valence-corrected chi connectivity index (χ3v) is 4.74. The highest BCUT2D eigenvalue weighted by Gasteiger charge is 2.25. The van der Waals surface area contributed by atoms with Gasteiger partial charge in [-0.2, -0.15) is 0 Å². The van der Waals surface area contributed by atoms with E-state index >= 15 is 0 Å². The van der Waals surface area contributed by atoms with E-state index in [2.05, 4.69) is 26.8 Å². The molecule has 3 nitrogen and oxygen atoms in total. The number of anilines is 1. The number of ether oxygens (including phenoxy) is 1. The van der Waals surface area contributed by atoms with E-state index in [1.807, 2.05) is 45.0 Å². The summed E-state index contributed by atoms with van der Waals surface area (Å²) < 4.78 is 4.92. The molecule has 0 heterocycles. The first-order chi connectivity index (χ1) is 12.1. The third-order valence-electron chi connectivity index (χ3n) is 4.74. The molecular weight excluding hydrogens is 322 g/mol. The van der Waals surface area contributed by atoms with Crippen LogP contribution in [0.15, 0.2) is 36.4 Å². The van der Waals surface area contributed by atoms with Crippen molar-refractivity contribution in [2.75, 3.05) is 12.8 Å². The second-order valence-corrected chi connectivity index (χ2v) is 7.85. The smallest absolute Gasteiger partial charge is 0.331 e. The Labute approximate surface area is 156 Å². The van der Waals surface area contributed by atoms with Crippen LogP contribution in [0.25, 0.3) is 5.57 Å². The Morgan fingerprint density at radius 1 is 1.08 bits per heavy atom. The van der Waals surface area contributed by atoms with Crippen LogP contribution in [0.1, 0.15) is 54.2 Å². The molecule has 0 fully saturated rings. The molecule has 0 aliphatic carbocycles. The summed E-state index contributed by atoms with van der Waals surface area (Å²) in [4.78, 5) is 12.1. The largest absolute Gasteiger partial charge is 0.466 e. The van der Waals surface area contributed by atoms with Crippen molar-refractivity contribution in [1.82, 2.24) is 0 Å². The molecule has 0 atom stereocenters. The number of hydrogen-bond donors (Lipinski definition) is 1. The van der Waals surface area contributed by atoms with E-state index in [1.165, 1.54) is 12.7 Å². The van der Waals surface area contributed by atoms with Crippen LogP contribution in [0.2, 0.25) is 0 Å². The van der Waals surface area contributed by atoms with Crippen LogP contribution in [0, 0.1) is 20.8 Å². The van der Waals surface area contributed by atoms with Crippen molar-refractivity contribution in [3.05, 3.63) is 69.8 Å². The number of hydrogen-bond acceptors (Lipinski definition) is 3. The SMILES string of the molecule is COC(=O)/C=C(\c1ccc(C)cc1)c1c(C(C)(C)C)cc(C)c(N)c1C. The second-order valence-electron chi connectivity index (χ2n) is 7.85. The minimum atomic E-state index is -0.376. The molecule has 2 aromatic carbocycles. The number of esters is 1. The summed E-state index contributed by atoms with van der Waals surface area (Å²) in [5, 5.41) is 0. The molecule has 0 amide bonds. The maximum Gasteiger partial charge on any atom is 0.331 e. The fourth-order valence-electron chi connectivity index (χ4n) is 3.15. The first kappa shape index (κ1) is 19.8. The zero-order valence-electron chi connectivity index (χ0n) is 16.9. The van der Waals surface area contributed by atoms with Gasteiger partial charge in [-0.15, -0.1) is 0 Å². The van der Waals surface area contributed by atoms with Crippen LogP contribution in [0.4, 0.5) is 5.69 Å². The van der Waals surface area contributed by atoms with Crippen LogP contribution >= 0.6 is 0 Å². The summed E-state index contributed by atoms with van der Waals surface area (Å²) in [6.45, 7) is 12.6. The molecule has 0 radical (unpaired) electrons. The van der Waals surface area contributed by atoms with Gasteiger partial charge < -0.3 is 10.5 Å². The van der Waals surface area contributed by atoms with Gasteiger partial charge in [-0.05, 0) is 59.6 Å². The molecule has 0 aliphatic rings. The summed E-state index contributed by atoms with van der Waals surface area (Å²) in [6, 6.07) is 10.3. The monoisotopic (exact) mass is 351 g/mol. The molecule has 26 heavy (non-hydrogen) atoms. The second kappa shape index (κ2) is 7.36. The molecule has 0 aliphatic heterocycles.